The quantitative estimate of drug-likeness (QED) is 0.0968. The number of aryl methyl sites for hydroxylation is 4. The predicted molar refractivity (Wildman–Crippen MR) is 653 cm³/mol. The van der Waals surface area contributed by atoms with Gasteiger partial charge >= 0.3 is 0 Å². The highest BCUT2D eigenvalue weighted by molar-refractivity contribution is 8.83. The topological polar surface area (TPSA) is 84.0 Å². The second-order valence-electron chi connectivity index (χ2n) is 15.2. The number of hydrogen-bond donors (Lipinski definition) is 2. The number of alkyl halides is 1. The van der Waals surface area contributed by atoms with Crippen LogP contribution < -0.4 is 10.6 Å². The normalized spacial score (nSPS) is 8.74. The Morgan fingerprint density at radius 3 is 0.731 bits per heavy atom. The van der Waals surface area contributed by atoms with Crippen molar-refractivity contribution in [1.82, 2.24) is 9.97 Å². The van der Waals surface area contributed by atoms with Crippen LogP contribution in [0.5, 0.6) is 0 Å². The van der Waals surface area contributed by atoms with Crippen molar-refractivity contribution in [2.24, 2.45) is 0 Å². The second-order valence-corrected chi connectivity index (χ2v) is 123. The van der Waals surface area contributed by atoms with Gasteiger partial charge in [0.2, 0.25) is 11.8 Å². The average molecular weight is 2650 g/mol. The fourth-order valence-electron chi connectivity index (χ4n) is 5.07. The minimum Gasteiger partial charge on any atom is -0.326 e. The molecule has 108 heavy (non-hydrogen) atoms. The van der Waals surface area contributed by atoms with Crippen molar-refractivity contribution >= 4 is 599 Å². The number of carbonyl (C=O) groups excluding carboxylic acids is 2. The Kier molecular flexibility index (Phi) is 106. The van der Waals surface area contributed by atoms with Gasteiger partial charge < -0.3 is 10.6 Å². The van der Waals surface area contributed by atoms with Crippen LogP contribution in [-0.2, 0) is 580 Å². The smallest absolute Gasteiger partial charge is 0.224 e. The lowest BCUT2D eigenvalue weighted by atomic mass is 10.1. The van der Waals surface area contributed by atoms with Gasteiger partial charge in [-0.3, -0.25) is 19.6 Å². The number of unbranched alkanes of at least 4 members (excludes halogenated alkanes) is 5. The Morgan fingerprint density at radius 2 is 0.519 bits per heavy atom. The molecular formula is C38H49ClN4O2S63. The van der Waals surface area contributed by atoms with Gasteiger partial charge in [-0.1, -0.05) is 85.5 Å². The third-order valence-corrected chi connectivity index (χ3v) is 142. The lowest BCUT2D eigenvalue weighted by Crippen LogP contribution is -2.11. The van der Waals surface area contributed by atoms with Crippen LogP contribution in [0.4, 0.5) is 11.4 Å². The molecule has 2 aromatic heterocycles. The van der Waals surface area contributed by atoms with E-state index in [1.165, 1.54) is 41.7 Å². The van der Waals surface area contributed by atoms with Crippen LogP contribution in [0.3, 0.4) is 0 Å². The van der Waals surface area contributed by atoms with E-state index >= 15 is 0 Å². The van der Waals surface area contributed by atoms with E-state index < -0.39 is 0 Å². The third kappa shape index (κ3) is 92.0. The number of aromatic nitrogens is 2. The third-order valence-electron chi connectivity index (χ3n) is 8.47. The van der Waals surface area contributed by atoms with Gasteiger partial charge in [-0.2, -0.15) is 0 Å². The summed E-state index contributed by atoms with van der Waals surface area (Å²) >= 11 is 15.2. The zero-order valence-corrected chi connectivity index (χ0v) is 105. The maximum atomic E-state index is 11.8. The summed E-state index contributed by atoms with van der Waals surface area (Å²) in [6.45, 7) is 5.90. The number of nitrogens with one attached hydrogen (secondary N) is 2. The molecule has 4 rings (SSSR count). The standard InChI is InChI=1S/C19H24N2O.C12H17ClN2O.C7H8.S63/c1-16-15-18(13-14-20-16)21-19(22)12-8-3-2-5-9-17-10-6-4-7-11-17;1-10-9-11(6-8-14-10)15-12(16)5-3-2-4-7-13;1-7-5-3-2-4-6-7;1-3-5-7-9-11-13-15-17-19-21-23-25-27-29-31-33-35-37-39-41-43-45-47-49-51-53-55-57-59-61-63-62-60-58-56-54-52-50-48-46-44-42-40-38-36-34-32-30-28-26-24-22-20-18-16-14-12-10-8-6-4-2/h4,6-7,10-11,13-15H,2-3,5,8-9,12H2,1H3,(H,20,21,22);6,8-9H,2-5,7H2,1H3,(H,14,15,16);2-6H,1H3;. The Labute approximate surface area is 820 Å². The highest BCUT2D eigenvalue weighted by Crippen LogP contribution is 2.12. The van der Waals surface area contributed by atoms with Gasteiger partial charge in [0, 0.05) is 618 Å². The lowest BCUT2D eigenvalue weighted by molar-refractivity contribution is -0.117. The van der Waals surface area contributed by atoms with Gasteiger partial charge in [0.25, 0.3) is 0 Å². The molecule has 0 unspecified atom stereocenters. The predicted octanol–water partition coefficient (Wildman–Crippen LogP) is 9.49. The van der Waals surface area contributed by atoms with E-state index in [1.807, 2.05) is 474 Å². The molecule has 2 aromatic carbocycles. The van der Waals surface area contributed by atoms with Crippen molar-refractivity contribution in [3.05, 3.63) is 120 Å². The first kappa shape index (κ1) is 116. The molecule has 0 bridgehead atoms. The summed E-state index contributed by atoms with van der Waals surface area (Å²) in [6, 6.07) is 28.2. The van der Waals surface area contributed by atoms with E-state index in [2.05, 4.69) is 63.9 Å². The number of pyridine rings is 2. The molecule has 0 aliphatic carbocycles. The van der Waals surface area contributed by atoms with E-state index in [0.717, 1.165) is 61.3 Å². The fourth-order valence-corrected chi connectivity index (χ4v) is 167. The molecule has 618 valence electrons. The maximum absolute atomic E-state index is 11.8. The van der Waals surface area contributed by atoms with Crippen LogP contribution in [0.2, 0.25) is 0 Å². The van der Waals surface area contributed by atoms with E-state index in [0.29, 0.717) is 18.7 Å². The van der Waals surface area contributed by atoms with Crippen molar-refractivity contribution in [1.29, 1.82) is 0 Å². The summed E-state index contributed by atoms with van der Waals surface area (Å²) in [5.41, 5.74) is 6.19. The molecule has 2 amide bonds. The number of halogens is 1. The molecule has 0 aliphatic rings. The van der Waals surface area contributed by atoms with Gasteiger partial charge in [-0.15, -0.1) is 11.6 Å². The van der Waals surface area contributed by atoms with Gasteiger partial charge in [-0.25, -0.2) is 0 Å². The summed E-state index contributed by atoms with van der Waals surface area (Å²) in [7, 11) is 110. The maximum Gasteiger partial charge on any atom is 0.224 e. The number of rotatable bonds is 14. The van der Waals surface area contributed by atoms with E-state index in [4.69, 9.17) is 34.0 Å². The van der Waals surface area contributed by atoms with Gasteiger partial charge in [0.1, 0.15) is 0 Å². The van der Waals surface area contributed by atoms with Gasteiger partial charge in [-0.05, 0) is 82.7 Å². The molecule has 2 N–H and O–H groups in total. The van der Waals surface area contributed by atoms with Crippen LogP contribution >= 0.6 is 11.6 Å². The molecule has 0 fully saturated rings. The van der Waals surface area contributed by atoms with Crippen LogP contribution in [0.15, 0.2) is 97.3 Å². The fraction of sp³-hybridized carbons (Fsp3) is 0.368. The minimum atomic E-state index is 0.0557. The summed E-state index contributed by atoms with van der Waals surface area (Å²) in [4.78, 5) is 31.6. The van der Waals surface area contributed by atoms with Crippen molar-refractivity contribution in [2.45, 2.75) is 85.0 Å². The molecular weight excluding hydrogens is 2600 g/mol. The van der Waals surface area contributed by atoms with E-state index in [-0.39, 0.29) is 11.8 Å². The lowest BCUT2D eigenvalue weighted by Gasteiger charge is -2.06. The molecule has 0 radical (unpaired) electrons. The first-order chi connectivity index (χ1) is 53.3. The highest BCUT2D eigenvalue weighted by atomic mass is 35.5. The van der Waals surface area contributed by atoms with Crippen LogP contribution in [0.1, 0.15) is 80.3 Å². The minimum absolute atomic E-state index is 0.0557. The van der Waals surface area contributed by atoms with Crippen molar-refractivity contribution in [2.75, 3.05) is 16.5 Å². The second kappa shape index (κ2) is 99.0. The van der Waals surface area contributed by atoms with Crippen molar-refractivity contribution in [3.63, 3.8) is 0 Å². The Balaban J connectivity index is 0.00000102. The summed E-state index contributed by atoms with van der Waals surface area (Å²) in [5.74, 6) is 0.819. The largest absolute Gasteiger partial charge is 0.326 e. The van der Waals surface area contributed by atoms with Crippen LogP contribution in [0.25, 0.3) is 0 Å². The summed E-state index contributed by atoms with van der Waals surface area (Å²) in [6.07, 6.45) is 13.0. The number of carbonyl (C=O) groups is 2. The number of anilines is 2. The number of amides is 2. The molecule has 70 heteroatoms. The molecule has 2 heterocycles. The molecule has 0 saturated carbocycles. The van der Waals surface area contributed by atoms with Gasteiger partial charge in [0.05, 0.1) is 0 Å². The molecule has 0 aliphatic heterocycles. The summed E-state index contributed by atoms with van der Waals surface area (Å²) in [5, 5.41) is 5.77. The zero-order valence-electron chi connectivity index (χ0n) is 52.8. The van der Waals surface area contributed by atoms with E-state index in [9.17, 15) is 9.59 Å². The van der Waals surface area contributed by atoms with Crippen molar-refractivity contribution in [3.8, 4) is 0 Å². The number of nitrogens with zero attached hydrogens (tertiary/aromatic N) is 2. The van der Waals surface area contributed by atoms with E-state index in [1.54, 1.807) is 125 Å². The zero-order chi connectivity index (χ0) is 77.7. The monoisotopic (exact) mass is 2640 g/mol. The molecule has 4 aromatic rings. The Morgan fingerprint density at radius 1 is 0.296 bits per heavy atom. The molecule has 6 nitrogen and oxygen atoms in total. The van der Waals surface area contributed by atoms with Crippen LogP contribution in [-0.4, -0.2) is 27.7 Å². The Hall–Kier alpha value is 9.83. The molecule has 0 saturated heterocycles. The van der Waals surface area contributed by atoms with Gasteiger partial charge in [0.15, 0.2) is 0 Å². The Bertz CT molecular complexity index is 6410. The van der Waals surface area contributed by atoms with Crippen molar-refractivity contribution < 1.29 is 9.59 Å². The average Bonchev–Trinajstić information content (AvgIpc) is 0.921. The first-order valence-electron chi connectivity index (χ1n) is 26.3. The van der Waals surface area contributed by atoms with Crippen LogP contribution in [0, 0.1) is 20.8 Å². The summed E-state index contributed by atoms with van der Waals surface area (Å²) < 4.78 is 0. The number of hydrogen-bond acceptors (Lipinski definition) is 6. The highest BCUT2D eigenvalue weighted by Gasteiger charge is 2.04. The molecule has 0 spiro atoms. The first-order valence-corrected chi connectivity index (χ1v) is 109. The number of benzene rings is 2. The SMILES string of the molecule is Cc1cc(NC(=O)CCCCCCc2ccccc2)ccn1.Cc1cc(NC(=O)CCCCCCl)ccn1.Cc1ccccc1.S=S=S=S=S=S=S=S=S=S=S=S=S=S=S=S=S=S=S=S=S=S=S=S=S=S=S=S=S=S=S=S=S=S=S=S=S=S=S=S=S=S=S=S=S=S=S=S=S=S=S=S=S=S=S=S=S=S=S=S=S=S=S. The molecule has 0 atom stereocenters.